The lowest BCUT2D eigenvalue weighted by atomic mass is 10.3. The summed E-state index contributed by atoms with van der Waals surface area (Å²) in [6.07, 6.45) is 0. The van der Waals surface area contributed by atoms with E-state index in [0.717, 1.165) is 16.4 Å². The fourth-order valence-corrected chi connectivity index (χ4v) is 2.29. The number of nitrogens with zero attached hydrogens (tertiary/aromatic N) is 2. The maximum atomic E-state index is 5.82. The topological polar surface area (TPSA) is 53.6 Å². The van der Waals surface area contributed by atoms with Gasteiger partial charge in [-0.25, -0.2) is 0 Å². The van der Waals surface area contributed by atoms with Gasteiger partial charge in [-0.15, -0.1) is 16.4 Å². The third kappa shape index (κ3) is 2.37. The number of nitrogens with one attached hydrogen (secondary N) is 2. The molecule has 0 aliphatic rings. The molecule has 3 rings (SSSR count). The normalized spacial score (nSPS) is 10.5. The molecule has 0 bridgehead atoms. The molecule has 0 fully saturated rings. The molecule has 2 N–H and O–H groups in total. The monoisotopic (exact) mass is 276 g/mol. The highest BCUT2D eigenvalue weighted by molar-refractivity contribution is 7.13. The largest absolute Gasteiger partial charge is 0.323 e. The highest BCUT2D eigenvalue weighted by atomic mass is 35.5. The first kappa shape index (κ1) is 11.3. The van der Waals surface area contributed by atoms with Crippen molar-refractivity contribution in [1.82, 2.24) is 15.2 Å². The molecule has 1 aromatic carbocycles. The minimum atomic E-state index is 0.542. The van der Waals surface area contributed by atoms with Crippen molar-refractivity contribution in [2.24, 2.45) is 0 Å². The number of halogens is 1. The van der Waals surface area contributed by atoms with E-state index in [4.69, 9.17) is 11.6 Å². The summed E-state index contributed by atoms with van der Waals surface area (Å²) >= 11 is 7.44. The zero-order valence-electron chi connectivity index (χ0n) is 9.22. The number of benzene rings is 1. The van der Waals surface area contributed by atoms with Gasteiger partial charge < -0.3 is 5.32 Å². The number of hydrogen-bond acceptors (Lipinski definition) is 4. The average molecular weight is 277 g/mol. The van der Waals surface area contributed by atoms with Crippen molar-refractivity contribution in [2.75, 3.05) is 5.32 Å². The lowest BCUT2D eigenvalue weighted by Gasteiger charge is -2.00. The Morgan fingerprint density at radius 1 is 1.17 bits per heavy atom. The quantitative estimate of drug-likeness (QED) is 0.762. The van der Waals surface area contributed by atoms with E-state index in [-0.39, 0.29) is 0 Å². The van der Waals surface area contributed by atoms with Crippen molar-refractivity contribution in [3.8, 4) is 10.7 Å². The summed E-state index contributed by atoms with van der Waals surface area (Å²) in [5.74, 6) is 1.31. The summed E-state index contributed by atoms with van der Waals surface area (Å²) in [5, 5.41) is 12.8. The lowest BCUT2D eigenvalue weighted by Crippen LogP contribution is -1.91. The molecule has 2 aromatic heterocycles. The second-order valence-electron chi connectivity index (χ2n) is 3.62. The summed E-state index contributed by atoms with van der Waals surface area (Å²) in [5.41, 5.74) is 0.899. The van der Waals surface area contributed by atoms with Crippen LogP contribution in [0, 0.1) is 0 Å². The molecule has 3 aromatic rings. The van der Waals surface area contributed by atoms with E-state index in [1.165, 1.54) is 0 Å². The summed E-state index contributed by atoms with van der Waals surface area (Å²) < 4.78 is 0. The number of anilines is 2. The zero-order valence-corrected chi connectivity index (χ0v) is 10.8. The van der Waals surface area contributed by atoms with E-state index in [1.807, 2.05) is 41.8 Å². The van der Waals surface area contributed by atoms with Crippen LogP contribution in [0.4, 0.5) is 11.6 Å². The Hall–Kier alpha value is -1.85. The van der Waals surface area contributed by atoms with Crippen LogP contribution in [0.1, 0.15) is 0 Å². The molecule has 18 heavy (non-hydrogen) atoms. The van der Waals surface area contributed by atoms with Gasteiger partial charge >= 0.3 is 0 Å². The molecular formula is C12H9ClN4S. The number of thiophene rings is 1. The van der Waals surface area contributed by atoms with Gasteiger partial charge in [-0.3, -0.25) is 5.10 Å². The predicted octanol–water partition coefficient (Wildman–Crippen LogP) is 3.93. The van der Waals surface area contributed by atoms with Crippen molar-refractivity contribution in [3.63, 3.8) is 0 Å². The molecule has 0 saturated carbocycles. The maximum absolute atomic E-state index is 5.82. The van der Waals surface area contributed by atoms with E-state index < -0.39 is 0 Å². The zero-order chi connectivity index (χ0) is 12.4. The molecule has 4 nitrogen and oxygen atoms in total. The van der Waals surface area contributed by atoms with Crippen molar-refractivity contribution < 1.29 is 0 Å². The number of hydrogen-bond donors (Lipinski definition) is 2. The van der Waals surface area contributed by atoms with Crippen LogP contribution in [-0.4, -0.2) is 15.2 Å². The molecule has 0 atom stereocenters. The Kier molecular flexibility index (Phi) is 3.00. The molecule has 0 unspecified atom stereocenters. The Morgan fingerprint density at radius 3 is 2.72 bits per heavy atom. The predicted molar refractivity (Wildman–Crippen MR) is 74.4 cm³/mol. The van der Waals surface area contributed by atoms with Crippen molar-refractivity contribution >= 4 is 34.6 Å². The van der Waals surface area contributed by atoms with E-state index in [0.29, 0.717) is 11.0 Å². The van der Waals surface area contributed by atoms with Crippen LogP contribution in [0.25, 0.3) is 10.7 Å². The summed E-state index contributed by atoms with van der Waals surface area (Å²) in [6, 6.07) is 11.4. The summed E-state index contributed by atoms with van der Waals surface area (Å²) in [6.45, 7) is 0. The molecule has 90 valence electrons. The Labute approximate surface area is 113 Å². The molecular weight excluding hydrogens is 268 g/mol. The highest BCUT2D eigenvalue weighted by Gasteiger charge is 2.06. The smallest absolute Gasteiger partial charge is 0.246 e. The van der Waals surface area contributed by atoms with Crippen LogP contribution < -0.4 is 5.32 Å². The van der Waals surface area contributed by atoms with Gasteiger partial charge in [-0.05, 0) is 35.7 Å². The van der Waals surface area contributed by atoms with Crippen LogP contribution >= 0.6 is 22.9 Å². The number of H-pyrrole nitrogens is 1. The molecule has 0 radical (unpaired) electrons. The second-order valence-corrected chi connectivity index (χ2v) is 5.00. The lowest BCUT2D eigenvalue weighted by molar-refractivity contribution is 1.10. The molecule has 0 saturated heterocycles. The van der Waals surface area contributed by atoms with Gasteiger partial charge in [0.15, 0.2) is 5.82 Å². The number of rotatable bonds is 3. The average Bonchev–Trinajstić information content (AvgIpc) is 3.02. The van der Waals surface area contributed by atoms with Crippen LogP contribution in [0.5, 0.6) is 0 Å². The molecule has 0 aliphatic heterocycles. The minimum Gasteiger partial charge on any atom is -0.323 e. The molecule has 0 aliphatic carbocycles. The van der Waals surface area contributed by atoms with Crippen molar-refractivity contribution in [2.45, 2.75) is 0 Å². The minimum absolute atomic E-state index is 0.542. The van der Waals surface area contributed by atoms with Gasteiger partial charge in [0, 0.05) is 10.7 Å². The van der Waals surface area contributed by atoms with Crippen LogP contribution in [0.3, 0.4) is 0 Å². The molecule has 6 heteroatoms. The fourth-order valence-electron chi connectivity index (χ4n) is 1.50. The highest BCUT2D eigenvalue weighted by Crippen LogP contribution is 2.22. The van der Waals surface area contributed by atoms with Crippen LogP contribution in [0.15, 0.2) is 41.8 Å². The Balaban J connectivity index is 1.80. The van der Waals surface area contributed by atoms with Crippen molar-refractivity contribution in [3.05, 3.63) is 46.8 Å². The van der Waals surface area contributed by atoms with Crippen molar-refractivity contribution in [1.29, 1.82) is 0 Å². The SMILES string of the molecule is Clc1ccc(Nc2n[nH]c(-c3cccs3)n2)cc1. The van der Waals surface area contributed by atoms with Gasteiger partial charge in [-0.2, -0.15) is 4.98 Å². The molecule has 0 amide bonds. The second kappa shape index (κ2) is 4.80. The maximum Gasteiger partial charge on any atom is 0.246 e. The first-order valence-electron chi connectivity index (χ1n) is 5.30. The Bertz CT molecular complexity index is 630. The molecule has 0 spiro atoms. The third-order valence-corrected chi connectivity index (χ3v) is 3.47. The van der Waals surface area contributed by atoms with Gasteiger partial charge in [0.05, 0.1) is 4.88 Å². The third-order valence-electron chi connectivity index (χ3n) is 2.34. The van der Waals surface area contributed by atoms with Crippen LogP contribution in [0.2, 0.25) is 5.02 Å². The standard InChI is InChI=1S/C12H9ClN4S/c13-8-3-5-9(6-4-8)14-12-15-11(16-17-12)10-2-1-7-18-10/h1-7H,(H2,14,15,16,17). The first-order valence-corrected chi connectivity index (χ1v) is 6.56. The van der Waals surface area contributed by atoms with Gasteiger partial charge in [-0.1, -0.05) is 17.7 Å². The first-order chi connectivity index (χ1) is 8.81. The fraction of sp³-hybridized carbons (Fsp3) is 0. The number of aromatic amines is 1. The van der Waals surface area contributed by atoms with E-state index in [1.54, 1.807) is 11.3 Å². The van der Waals surface area contributed by atoms with Gasteiger partial charge in [0.2, 0.25) is 5.95 Å². The number of aromatic nitrogens is 3. The summed E-state index contributed by atoms with van der Waals surface area (Å²) in [7, 11) is 0. The van der Waals surface area contributed by atoms with Crippen LogP contribution in [-0.2, 0) is 0 Å². The molecule has 2 heterocycles. The van der Waals surface area contributed by atoms with E-state index in [2.05, 4.69) is 20.5 Å². The summed E-state index contributed by atoms with van der Waals surface area (Å²) in [4.78, 5) is 5.43. The van der Waals surface area contributed by atoms with E-state index >= 15 is 0 Å². The van der Waals surface area contributed by atoms with E-state index in [9.17, 15) is 0 Å². The Morgan fingerprint density at radius 2 is 2.00 bits per heavy atom. The van der Waals surface area contributed by atoms with Gasteiger partial charge in [0.25, 0.3) is 0 Å². The van der Waals surface area contributed by atoms with Gasteiger partial charge in [0.1, 0.15) is 0 Å².